The van der Waals surface area contributed by atoms with Crippen molar-refractivity contribution in [3.63, 3.8) is 0 Å². The lowest BCUT2D eigenvalue weighted by Crippen LogP contribution is -2.52. The molecule has 166 valence electrons. The van der Waals surface area contributed by atoms with Gasteiger partial charge in [-0.15, -0.1) is 0 Å². The molecule has 1 heterocycles. The minimum atomic E-state index is -3.92. The minimum Gasteiger partial charge on any atom is -0.333 e. The van der Waals surface area contributed by atoms with Gasteiger partial charge >= 0.3 is 0 Å². The number of hydrogen-bond donors (Lipinski definition) is 0. The van der Waals surface area contributed by atoms with Crippen molar-refractivity contribution in [2.24, 2.45) is 0 Å². The summed E-state index contributed by atoms with van der Waals surface area (Å²) < 4.78 is 27.1. The molecule has 0 bridgehead atoms. The SMILES string of the molecule is CC(C)(C)c1ccc(C(=O)C(=O)N2CCN(S(=O)(=O)c3c(Cl)cccc3Cl)CC2)cc1. The van der Waals surface area contributed by atoms with Crippen LogP contribution >= 0.6 is 23.2 Å². The molecule has 1 fully saturated rings. The van der Waals surface area contributed by atoms with Gasteiger partial charge in [0.25, 0.3) is 5.91 Å². The molecule has 2 aromatic rings. The molecule has 1 aliphatic rings. The van der Waals surface area contributed by atoms with Crippen LogP contribution in [0, 0.1) is 0 Å². The van der Waals surface area contributed by atoms with Gasteiger partial charge in [0.2, 0.25) is 15.8 Å². The summed E-state index contributed by atoms with van der Waals surface area (Å²) in [6.07, 6.45) is 0. The standard InChI is InChI=1S/C22H24Cl2N2O4S/c1-22(2,3)16-9-7-15(8-10-16)19(27)21(28)25-11-13-26(14-12-25)31(29,30)20-17(23)5-4-6-18(20)24/h4-10H,11-14H2,1-3H3. The number of rotatable bonds is 4. The van der Waals surface area contributed by atoms with Crippen molar-refractivity contribution in [3.8, 4) is 0 Å². The third-order valence-electron chi connectivity index (χ3n) is 5.25. The molecule has 0 aromatic heterocycles. The molecule has 31 heavy (non-hydrogen) atoms. The summed E-state index contributed by atoms with van der Waals surface area (Å²) in [5, 5.41) is 0.0831. The first-order chi connectivity index (χ1) is 14.4. The van der Waals surface area contributed by atoms with Gasteiger partial charge in [-0.05, 0) is 23.1 Å². The van der Waals surface area contributed by atoms with Crippen molar-refractivity contribution in [1.29, 1.82) is 0 Å². The van der Waals surface area contributed by atoms with Crippen LogP contribution in [0.2, 0.25) is 10.0 Å². The number of amides is 1. The van der Waals surface area contributed by atoms with Crippen molar-refractivity contribution in [2.45, 2.75) is 31.1 Å². The Morgan fingerprint density at radius 2 is 1.39 bits per heavy atom. The molecule has 0 saturated carbocycles. The van der Waals surface area contributed by atoms with E-state index in [1.807, 2.05) is 12.1 Å². The van der Waals surface area contributed by atoms with E-state index in [0.29, 0.717) is 5.56 Å². The van der Waals surface area contributed by atoms with Crippen LogP contribution < -0.4 is 0 Å². The fraction of sp³-hybridized carbons (Fsp3) is 0.364. The summed E-state index contributed by atoms with van der Waals surface area (Å²) in [5.74, 6) is -1.25. The highest BCUT2D eigenvalue weighted by Gasteiger charge is 2.34. The van der Waals surface area contributed by atoms with E-state index < -0.39 is 21.7 Å². The Bertz CT molecular complexity index is 1080. The van der Waals surface area contributed by atoms with Gasteiger partial charge in [-0.1, -0.05) is 74.3 Å². The Kier molecular flexibility index (Phi) is 6.81. The van der Waals surface area contributed by atoms with Gasteiger partial charge in [0.1, 0.15) is 4.90 Å². The van der Waals surface area contributed by atoms with Gasteiger partial charge in [0, 0.05) is 31.7 Å². The molecule has 0 atom stereocenters. The largest absolute Gasteiger partial charge is 0.333 e. The zero-order valence-corrected chi connectivity index (χ0v) is 19.9. The van der Waals surface area contributed by atoms with E-state index in [0.717, 1.165) is 5.56 Å². The van der Waals surface area contributed by atoms with Crippen LogP contribution in [0.5, 0.6) is 0 Å². The molecule has 0 aliphatic carbocycles. The Morgan fingerprint density at radius 3 is 1.87 bits per heavy atom. The second-order valence-corrected chi connectivity index (χ2v) is 11.1. The minimum absolute atomic E-state index is 0.0416. The zero-order valence-electron chi connectivity index (χ0n) is 17.6. The number of halogens is 2. The first-order valence-corrected chi connectivity index (χ1v) is 12.0. The van der Waals surface area contributed by atoms with Crippen LogP contribution in [0.25, 0.3) is 0 Å². The second-order valence-electron chi connectivity index (χ2n) is 8.40. The van der Waals surface area contributed by atoms with Gasteiger partial charge < -0.3 is 4.90 Å². The highest BCUT2D eigenvalue weighted by molar-refractivity contribution is 7.89. The van der Waals surface area contributed by atoms with Crippen LogP contribution in [0.1, 0.15) is 36.7 Å². The lowest BCUT2D eigenvalue weighted by atomic mass is 9.86. The molecule has 3 rings (SSSR count). The number of Topliss-reactive ketones (excluding diaryl/α,β-unsaturated/α-hetero) is 1. The van der Waals surface area contributed by atoms with E-state index in [4.69, 9.17) is 23.2 Å². The number of nitrogens with zero attached hydrogens (tertiary/aromatic N) is 2. The zero-order chi connectivity index (χ0) is 23.0. The predicted molar refractivity (Wildman–Crippen MR) is 121 cm³/mol. The van der Waals surface area contributed by atoms with Gasteiger partial charge in [-0.2, -0.15) is 4.31 Å². The quantitative estimate of drug-likeness (QED) is 0.487. The normalized spacial score (nSPS) is 15.7. The van der Waals surface area contributed by atoms with E-state index in [-0.39, 0.29) is 46.5 Å². The molecular weight excluding hydrogens is 459 g/mol. The number of sulfonamides is 1. The van der Waals surface area contributed by atoms with Gasteiger partial charge in [0.05, 0.1) is 10.0 Å². The summed E-state index contributed by atoms with van der Waals surface area (Å²) in [6.45, 7) is 6.50. The van der Waals surface area contributed by atoms with Crippen molar-refractivity contribution in [3.05, 3.63) is 63.6 Å². The van der Waals surface area contributed by atoms with Crippen LogP contribution in [0.4, 0.5) is 0 Å². The van der Waals surface area contributed by atoms with Crippen molar-refractivity contribution in [1.82, 2.24) is 9.21 Å². The fourth-order valence-electron chi connectivity index (χ4n) is 3.38. The van der Waals surface area contributed by atoms with E-state index in [1.54, 1.807) is 18.2 Å². The number of carbonyl (C=O) groups is 2. The lowest BCUT2D eigenvalue weighted by Gasteiger charge is -2.34. The maximum Gasteiger partial charge on any atom is 0.295 e. The van der Waals surface area contributed by atoms with Crippen molar-refractivity contribution >= 4 is 44.9 Å². The third kappa shape index (κ3) is 4.95. The topological polar surface area (TPSA) is 74.8 Å². The van der Waals surface area contributed by atoms with Crippen LogP contribution in [-0.4, -0.2) is 55.5 Å². The van der Waals surface area contributed by atoms with Gasteiger partial charge in [-0.25, -0.2) is 8.42 Å². The van der Waals surface area contributed by atoms with Crippen LogP contribution in [-0.2, 0) is 20.2 Å². The first-order valence-electron chi connectivity index (χ1n) is 9.81. The smallest absolute Gasteiger partial charge is 0.295 e. The maximum absolute atomic E-state index is 13.0. The first kappa shape index (κ1) is 23.7. The number of ketones is 1. The molecule has 9 heteroatoms. The number of hydrogen-bond acceptors (Lipinski definition) is 4. The van der Waals surface area contributed by atoms with Gasteiger partial charge in [-0.3, -0.25) is 9.59 Å². The molecule has 0 unspecified atom stereocenters. The molecule has 6 nitrogen and oxygen atoms in total. The molecule has 0 N–H and O–H groups in total. The lowest BCUT2D eigenvalue weighted by molar-refractivity contribution is -0.127. The number of piperazine rings is 1. The summed E-state index contributed by atoms with van der Waals surface area (Å²) in [7, 11) is -3.92. The summed E-state index contributed by atoms with van der Waals surface area (Å²) in [5.41, 5.74) is 1.32. The van der Waals surface area contributed by atoms with Crippen LogP contribution in [0.15, 0.2) is 47.4 Å². The molecule has 1 saturated heterocycles. The number of benzene rings is 2. The molecule has 0 radical (unpaired) electrons. The number of carbonyl (C=O) groups excluding carboxylic acids is 2. The average molecular weight is 483 g/mol. The Hall–Kier alpha value is -1.93. The summed E-state index contributed by atoms with van der Waals surface area (Å²) in [6, 6.07) is 11.5. The van der Waals surface area contributed by atoms with Gasteiger partial charge in [0.15, 0.2) is 0 Å². The average Bonchev–Trinajstić information content (AvgIpc) is 2.72. The monoisotopic (exact) mass is 482 g/mol. The predicted octanol–water partition coefficient (Wildman–Crippen LogP) is 4.01. The van der Waals surface area contributed by atoms with Crippen molar-refractivity contribution in [2.75, 3.05) is 26.2 Å². The van der Waals surface area contributed by atoms with E-state index in [2.05, 4.69) is 20.8 Å². The molecule has 1 amide bonds. The van der Waals surface area contributed by atoms with E-state index >= 15 is 0 Å². The molecule has 2 aromatic carbocycles. The highest BCUT2D eigenvalue weighted by atomic mass is 35.5. The van der Waals surface area contributed by atoms with E-state index in [1.165, 1.54) is 21.3 Å². The fourth-order valence-corrected chi connectivity index (χ4v) is 5.89. The van der Waals surface area contributed by atoms with Crippen molar-refractivity contribution < 1.29 is 18.0 Å². The highest BCUT2D eigenvalue weighted by Crippen LogP contribution is 2.32. The Balaban J connectivity index is 1.69. The molecule has 1 aliphatic heterocycles. The van der Waals surface area contributed by atoms with Crippen LogP contribution in [0.3, 0.4) is 0 Å². The summed E-state index contributed by atoms with van der Waals surface area (Å²) >= 11 is 12.1. The maximum atomic E-state index is 13.0. The Morgan fingerprint density at radius 1 is 0.871 bits per heavy atom. The molecule has 0 spiro atoms. The second kappa shape index (κ2) is 8.90. The summed E-state index contributed by atoms with van der Waals surface area (Å²) in [4.78, 5) is 26.5. The Labute approximate surface area is 192 Å². The third-order valence-corrected chi connectivity index (χ3v) is 8.10. The molecular formula is C22H24Cl2N2O4S. The van der Waals surface area contributed by atoms with E-state index in [9.17, 15) is 18.0 Å².